The number of carbonyl (C=O) groups excluding carboxylic acids is 5. The molecule has 12 heteroatoms. The minimum atomic E-state index is -0.976. The monoisotopic (exact) mass is 591 g/mol. The van der Waals surface area contributed by atoms with Crippen LogP contribution in [-0.4, -0.2) is 67.5 Å². The van der Waals surface area contributed by atoms with Gasteiger partial charge in [-0.3, -0.25) is 14.4 Å². The van der Waals surface area contributed by atoms with Crippen LogP contribution in [0, 0.1) is 11.8 Å². The number of benzene rings is 1. The molecule has 1 aromatic carbocycles. The first kappa shape index (κ1) is 33.6. The van der Waals surface area contributed by atoms with Crippen LogP contribution in [0.25, 0.3) is 0 Å². The Morgan fingerprint density at radius 1 is 1.05 bits per heavy atom. The Hall–Kier alpha value is -3.60. The van der Waals surface area contributed by atoms with Crippen molar-refractivity contribution in [2.45, 2.75) is 77.5 Å². The summed E-state index contributed by atoms with van der Waals surface area (Å²) >= 11 is 6.12. The molecule has 226 valence electrons. The first-order chi connectivity index (χ1) is 19.4. The molecule has 5 amide bonds. The minimum absolute atomic E-state index is 0.238. The average Bonchev–Trinajstić information content (AvgIpc) is 2.90. The predicted octanol–water partition coefficient (Wildman–Crippen LogP) is 2.23. The molecule has 0 bridgehead atoms. The van der Waals surface area contributed by atoms with Crippen molar-refractivity contribution in [3.63, 3.8) is 0 Å². The Labute approximate surface area is 246 Å². The van der Waals surface area contributed by atoms with Gasteiger partial charge >= 0.3 is 12.0 Å². The van der Waals surface area contributed by atoms with Crippen molar-refractivity contribution in [1.82, 2.24) is 26.6 Å². The van der Waals surface area contributed by atoms with Crippen LogP contribution in [0.5, 0.6) is 0 Å². The molecule has 0 fully saturated rings. The number of ether oxygens (including phenoxy) is 1. The van der Waals surface area contributed by atoms with E-state index in [2.05, 4.69) is 26.6 Å². The van der Waals surface area contributed by atoms with Crippen LogP contribution in [0.2, 0.25) is 5.02 Å². The lowest BCUT2D eigenvalue weighted by molar-refractivity contribution is -0.144. The number of rotatable bonds is 9. The summed E-state index contributed by atoms with van der Waals surface area (Å²) in [6.45, 7) is 7.48. The van der Waals surface area contributed by atoms with Crippen LogP contribution in [0.4, 0.5) is 4.79 Å². The Bertz CT molecular complexity index is 1110. The fourth-order valence-electron chi connectivity index (χ4n) is 4.33. The highest BCUT2D eigenvalue weighted by atomic mass is 35.5. The van der Waals surface area contributed by atoms with Crippen molar-refractivity contribution >= 4 is 41.3 Å². The van der Waals surface area contributed by atoms with Crippen LogP contribution in [-0.2, 0) is 30.3 Å². The van der Waals surface area contributed by atoms with E-state index in [0.717, 1.165) is 5.56 Å². The van der Waals surface area contributed by atoms with E-state index in [1.165, 1.54) is 13.2 Å². The average molecular weight is 592 g/mol. The Morgan fingerprint density at radius 3 is 2.37 bits per heavy atom. The normalized spacial score (nSPS) is 20.4. The van der Waals surface area contributed by atoms with E-state index in [-0.39, 0.29) is 17.7 Å². The topological polar surface area (TPSA) is 155 Å². The second-order valence-corrected chi connectivity index (χ2v) is 11.2. The highest BCUT2D eigenvalue weighted by Gasteiger charge is 2.31. The molecule has 11 nitrogen and oxygen atoms in total. The van der Waals surface area contributed by atoms with Crippen molar-refractivity contribution in [3.05, 3.63) is 47.0 Å². The molecule has 0 radical (unpaired) electrons. The van der Waals surface area contributed by atoms with Crippen molar-refractivity contribution < 1.29 is 28.7 Å². The highest BCUT2D eigenvalue weighted by Crippen LogP contribution is 2.14. The maximum absolute atomic E-state index is 13.4. The largest absolute Gasteiger partial charge is 0.467 e. The van der Waals surface area contributed by atoms with Crippen LogP contribution < -0.4 is 26.6 Å². The lowest BCUT2D eigenvalue weighted by atomic mass is 10.0. The van der Waals surface area contributed by atoms with Gasteiger partial charge in [0.15, 0.2) is 0 Å². The SMILES string of the molecule is COC(=O)C(NC(=O)NC(C(=O)N[C@H]1CCCCNC(=O)/C=C/[C@H](Cc2cccc(Cl)c2)NC1=O)C(C)C)C(C)C. The molecule has 41 heavy (non-hydrogen) atoms. The highest BCUT2D eigenvalue weighted by molar-refractivity contribution is 6.30. The maximum Gasteiger partial charge on any atom is 0.328 e. The molecule has 0 spiro atoms. The number of hydrogen-bond donors (Lipinski definition) is 5. The third-order valence-corrected chi connectivity index (χ3v) is 6.88. The van der Waals surface area contributed by atoms with E-state index >= 15 is 0 Å². The fourth-order valence-corrected chi connectivity index (χ4v) is 4.54. The lowest BCUT2D eigenvalue weighted by Crippen LogP contribution is -2.59. The number of amides is 5. The second kappa shape index (κ2) is 16.6. The van der Waals surface area contributed by atoms with E-state index in [0.29, 0.717) is 37.3 Å². The fraction of sp³-hybridized carbons (Fsp3) is 0.552. The zero-order valence-corrected chi connectivity index (χ0v) is 25.0. The zero-order chi connectivity index (χ0) is 30.5. The summed E-state index contributed by atoms with van der Waals surface area (Å²) in [5.74, 6) is -2.34. The molecule has 1 heterocycles. The molecular formula is C29H42ClN5O6. The maximum atomic E-state index is 13.4. The number of halogens is 1. The quantitative estimate of drug-likeness (QED) is 0.277. The van der Waals surface area contributed by atoms with Crippen molar-refractivity contribution in [2.75, 3.05) is 13.7 Å². The number of carbonyl (C=O) groups is 5. The molecule has 5 N–H and O–H groups in total. The Kier molecular flexibility index (Phi) is 13.6. The molecule has 4 atom stereocenters. The van der Waals surface area contributed by atoms with Gasteiger partial charge in [-0.1, -0.05) is 57.5 Å². The van der Waals surface area contributed by atoms with Crippen LogP contribution >= 0.6 is 11.6 Å². The first-order valence-corrected chi connectivity index (χ1v) is 14.2. The van der Waals surface area contributed by atoms with Gasteiger partial charge in [0.05, 0.1) is 13.2 Å². The molecule has 1 aromatic rings. The van der Waals surface area contributed by atoms with Crippen molar-refractivity contribution in [2.24, 2.45) is 11.8 Å². The van der Waals surface area contributed by atoms with E-state index < -0.39 is 48.0 Å². The van der Waals surface area contributed by atoms with Gasteiger partial charge in [0, 0.05) is 17.6 Å². The summed E-state index contributed by atoms with van der Waals surface area (Å²) in [4.78, 5) is 63.7. The molecule has 0 saturated heterocycles. The summed E-state index contributed by atoms with van der Waals surface area (Å²) in [5.41, 5.74) is 0.863. The number of urea groups is 1. The van der Waals surface area contributed by atoms with Crippen molar-refractivity contribution in [1.29, 1.82) is 0 Å². The van der Waals surface area contributed by atoms with Gasteiger partial charge < -0.3 is 31.3 Å². The molecule has 2 unspecified atom stereocenters. The standard InChI is InChI=1S/C29H42ClN5O6/c1-17(2)24(34-29(40)35-25(18(3)4)28(39)41-5)27(38)33-22-11-6-7-14-31-23(36)13-12-21(32-26(22)37)16-19-9-8-10-20(30)15-19/h8-10,12-13,15,17-18,21-22,24-25H,6-7,11,14,16H2,1-5H3,(H,31,36)(H,32,37)(H,33,38)(H2,34,35,40)/b13-12+/t21-,22+,24?,25?/m1/s1. The van der Waals surface area contributed by atoms with E-state index in [4.69, 9.17) is 16.3 Å². The zero-order valence-electron chi connectivity index (χ0n) is 24.3. The summed E-state index contributed by atoms with van der Waals surface area (Å²) in [6, 6.07) is 3.22. The van der Waals surface area contributed by atoms with E-state index in [9.17, 15) is 24.0 Å². The molecular weight excluding hydrogens is 550 g/mol. The van der Waals surface area contributed by atoms with Gasteiger partial charge in [-0.05, 0) is 55.2 Å². The van der Waals surface area contributed by atoms with Crippen LogP contribution in [0.1, 0.15) is 52.5 Å². The third-order valence-electron chi connectivity index (χ3n) is 6.65. The smallest absolute Gasteiger partial charge is 0.328 e. The van der Waals surface area contributed by atoms with Crippen molar-refractivity contribution in [3.8, 4) is 0 Å². The Morgan fingerprint density at radius 2 is 1.73 bits per heavy atom. The molecule has 0 aromatic heterocycles. The molecule has 1 aliphatic heterocycles. The first-order valence-electron chi connectivity index (χ1n) is 13.9. The summed E-state index contributed by atoms with van der Waals surface area (Å²) < 4.78 is 4.76. The number of esters is 1. The predicted molar refractivity (Wildman–Crippen MR) is 156 cm³/mol. The number of hydrogen-bond acceptors (Lipinski definition) is 6. The summed E-state index contributed by atoms with van der Waals surface area (Å²) in [5, 5.41) is 14.3. The van der Waals surface area contributed by atoms with Gasteiger partial charge in [0.2, 0.25) is 17.7 Å². The van der Waals surface area contributed by atoms with E-state index in [1.807, 2.05) is 6.07 Å². The molecule has 1 aliphatic rings. The van der Waals surface area contributed by atoms with Gasteiger partial charge in [-0.2, -0.15) is 0 Å². The lowest BCUT2D eigenvalue weighted by Gasteiger charge is -2.27. The van der Waals surface area contributed by atoms with Gasteiger partial charge in [-0.15, -0.1) is 0 Å². The number of methoxy groups -OCH3 is 1. The summed E-state index contributed by atoms with van der Waals surface area (Å²) in [7, 11) is 1.24. The van der Waals surface area contributed by atoms with Gasteiger partial charge in [0.25, 0.3) is 0 Å². The van der Waals surface area contributed by atoms with Gasteiger partial charge in [0.1, 0.15) is 18.1 Å². The third kappa shape index (κ3) is 11.4. The molecule has 0 aliphatic carbocycles. The van der Waals surface area contributed by atoms with Gasteiger partial charge in [-0.25, -0.2) is 9.59 Å². The molecule has 0 saturated carbocycles. The van der Waals surface area contributed by atoms with Crippen LogP contribution in [0.3, 0.4) is 0 Å². The molecule has 2 rings (SSSR count). The van der Waals surface area contributed by atoms with E-state index in [1.54, 1.807) is 52.0 Å². The minimum Gasteiger partial charge on any atom is -0.467 e. The number of nitrogens with one attached hydrogen (secondary N) is 5. The summed E-state index contributed by atoms with van der Waals surface area (Å²) in [6.07, 6.45) is 4.89. The Balaban J connectivity index is 2.18. The second-order valence-electron chi connectivity index (χ2n) is 10.7. The van der Waals surface area contributed by atoms with Crippen LogP contribution in [0.15, 0.2) is 36.4 Å².